The zero-order valence-electron chi connectivity index (χ0n) is 13.2. The first-order valence-corrected chi connectivity index (χ1v) is 8.35. The molecular formula is C16H32N2O2. The van der Waals surface area contributed by atoms with E-state index < -0.39 is 0 Å². The second kappa shape index (κ2) is 7.74. The molecule has 2 rings (SSSR count). The van der Waals surface area contributed by atoms with Gasteiger partial charge in [0, 0.05) is 19.2 Å². The number of likely N-dealkylation sites (N-methyl/N-ethyl adjacent to an activating group) is 1. The summed E-state index contributed by atoms with van der Waals surface area (Å²) in [6, 6.07) is 0. The Morgan fingerprint density at radius 2 is 2.20 bits per heavy atom. The number of hydrogen-bond donors (Lipinski definition) is 2. The van der Waals surface area contributed by atoms with Crippen molar-refractivity contribution in [1.82, 2.24) is 10.2 Å². The first-order chi connectivity index (χ1) is 9.74. The summed E-state index contributed by atoms with van der Waals surface area (Å²) in [6.45, 7) is 6.81. The summed E-state index contributed by atoms with van der Waals surface area (Å²) in [5.74, 6) is 0.621. The van der Waals surface area contributed by atoms with E-state index in [0.29, 0.717) is 12.0 Å². The average molecular weight is 284 g/mol. The van der Waals surface area contributed by atoms with E-state index in [4.69, 9.17) is 4.74 Å². The molecule has 2 aliphatic rings. The topological polar surface area (TPSA) is 44.7 Å². The van der Waals surface area contributed by atoms with Gasteiger partial charge in [0.2, 0.25) is 0 Å². The SMILES string of the molecule is CCNC1(CO)CCCC1CCN1CCCC(OC)C1. The molecule has 0 spiro atoms. The summed E-state index contributed by atoms with van der Waals surface area (Å²) in [5, 5.41) is 13.4. The highest BCUT2D eigenvalue weighted by Crippen LogP contribution is 2.37. The number of nitrogens with one attached hydrogen (secondary N) is 1. The largest absolute Gasteiger partial charge is 0.394 e. The molecule has 118 valence electrons. The molecule has 4 nitrogen and oxygen atoms in total. The van der Waals surface area contributed by atoms with Crippen molar-refractivity contribution in [3.05, 3.63) is 0 Å². The number of aliphatic hydroxyl groups is 1. The molecule has 1 heterocycles. The van der Waals surface area contributed by atoms with Gasteiger partial charge >= 0.3 is 0 Å². The number of hydrogen-bond acceptors (Lipinski definition) is 4. The van der Waals surface area contributed by atoms with Gasteiger partial charge in [-0.1, -0.05) is 13.3 Å². The van der Waals surface area contributed by atoms with E-state index in [9.17, 15) is 5.11 Å². The lowest BCUT2D eigenvalue weighted by Gasteiger charge is -2.37. The van der Waals surface area contributed by atoms with Crippen molar-refractivity contribution in [3.8, 4) is 0 Å². The zero-order valence-corrected chi connectivity index (χ0v) is 13.2. The van der Waals surface area contributed by atoms with Crippen LogP contribution in [0.4, 0.5) is 0 Å². The molecule has 0 aromatic carbocycles. The number of aliphatic hydroxyl groups excluding tert-OH is 1. The van der Waals surface area contributed by atoms with E-state index in [1.165, 1.54) is 38.6 Å². The number of piperidine rings is 1. The molecule has 20 heavy (non-hydrogen) atoms. The molecule has 1 aliphatic heterocycles. The lowest BCUT2D eigenvalue weighted by atomic mass is 9.85. The quantitative estimate of drug-likeness (QED) is 0.746. The Balaban J connectivity index is 1.83. The highest BCUT2D eigenvalue weighted by Gasteiger charge is 2.41. The third-order valence-electron chi connectivity index (χ3n) is 5.36. The molecule has 2 N–H and O–H groups in total. The number of rotatable bonds is 7. The van der Waals surface area contributed by atoms with E-state index >= 15 is 0 Å². The Morgan fingerprint density at radius 1 is 1.35 bits per heavy atom. The van der Waals surface area contributed by atoms with Crippen LogP contribution >= 0.6 is 0 Å². The molecular weight excluding hydrogens is 252 g/mol. The van der Waals surface area contributed by atoms with E-state index in [-0.39, 0.29) is 12.1 Å². The van der Waals surface area contributed by atoms with Crippen molar-refractivity contribution in [2.75, 3.05) is 39.9 Å². The van der Waals surface area contributed by atoms with Gasteiger partial charge in [-0.25, -0.2) is 0 Å². The fourth-order valence-corrected chi connectivity index (χ4v) is 4.16. The van der Waals surface area contributed by atoms with E-state index in [1.807, 2.05) is 7.11 Å². The molecule has 4 heteroatoms. The number of likely N-dealkylation sites (tertiary alicyclic amines) is 1. The Morgan fingerprint density at radius 3 is 2.90 bits per heavy atom. The molecule has 0 radical (unpaired) electrons. The van der Waals surface area contributed by atoms with Crippen LogP contribution in [0.2, 0.25) is 0 Å². The third-order valence-corrected chi connectivity index (χ3v) is 5.36. The normalized spacial score (nSPS) is 35.5. The van der Waals surface area contributed by atoms with Crippen LogP contribution in [0.5, 0.6) is 0 Å². The average Bonchev–Trinajstić information content (AvgIpc) is 2.89. The fourth-order valence-electron chi connectivity index (χ4n) is 4.16. The molecule has 0 aromatic rings. The fraction of sp³-hybridized carbons (Fsp3) is 1.00. The Hall–Kier alpha value is -0.160. The monoisotopic (exact) mass is 284 g/mol. The first kappa shape index (κ1) is 16.2. The third kappa shape index (κ3) is 3.73. The smallest absolute Gasteiger partial charge is 0.0698 e. The van der Waals surface area contributed by atoms with E-state index in [1.54, 1.807) is 0 Å². The number of ether oxygens (including phenoxy) is 1. The number of methoxy groups -OCH3 is 1. The standard InChI is InChI=1S/C16H32N2O2/c1-3-17-16(13-19)9-4-6-14(16)8-11-18-10-5-7-15(12-18)20-2/h14-15,17,19H,3-13H2,1-2H3. The summed E-state index contributed by atoms with van der Waals surface area (Å²) in [6.07, 6.45) is 7.71. The number of nitrogens with zero attached hydrogens (tertiary/aromatic N) is 1. The minimum absolute atomic E-state index is 0.00874. The summed E-state index contributed by atoms with van der Waals surface area (Å²) in [4.78, 5) is 2.55. The molecule has 3 atom stereocenters. The van der Waals surface area contributed by atoms with Crippen LogP contribution in [-0.4, -0.2) is 61.5 Å². The van der Waals surface area contributed by atoms with Crippen LogP contribution in [0.3, 0.4) is 0 Å². The van der Waals surface area contributed by atoms with Crippen LogP contribution in [-0.2, 0) is 4.74 Å². The van der Waals surface area contributed by atoms with Crippen LogP contribution in [0.15, 0.2) is 0 Å². The summed E-state index contributed by atoms with van der Waals surface area (Å²) >= 11 is 0. The van der Waals surface area contributed by atoms with Crippen LogP contribution in [0.25, 0.3) is 0 Å². The maximum Gasteiger partial charge on any atom is 0.0698 e. The summed E-state index contributed by atoms with van der Waals surface area (Å²) in [7, 11) is 1.83. The molecule has 2 fully saturated rings. The van der Waals surface area contributed by atoms with Crippen molar-refractivity contribution in [2.24, 2.45) is 5.92 Å². The first-order valence-electron chi connectivity index (χ1n) is 8.35. The maximum atomic E-state index is 9.84. The molecule has 0 aromatic heterocycles. The molecule has 1 saturated heterocycles. The highest BCUT2D eigenvalue weighted by atomic mass is 16.5. The highest BCUT2D eigenvalue weighted by molar-refractivity contribution is 4.99. The maximum absolute atomic E-state index is 9.84. The van der Waals surface area contributed by atoms with Gasteiger partial charge in [0.25, 0.3) is 0 Å². The van der Waals surface area contributed by atoms with Crippen LogP contribution < -0.4 is 5.32 Å². The van der Waals surface area contributed by atoms with Crippen LogP contribution in [0, 0.1) is 5.92 Å². The molecule has 1 aliphatic carbocycles. The predicted octanol–water partition coefficient (Wildman–Crippen LogP) is 1.63. The van der Waals surface area contributed by atoms with Gasteiger partial charge in [0.05, 0.1) is 12.7 Å². The summed E-state index contributed by atoms with van der Waals surface area (Å²) < 4.78 is 5.50. The molecule has 1 saturated carbocycles. The van der Waals surface area contributed by atoms with Gasteiger partial charge in [-0.3, -0.25) is 0 Å². The van der Waals surface area contributed by atoms with Gasteiger partial charge in [-0.2, -0.15) is 0 Å². The van der Waals surface area contributed by atoms with Crippen molar-refractivity contribution < 1.29 is 9.84 Å². The van der Waals surface area contributed by atoms with Gasteiger partial charge < -0.3 is 20.1 Å². The Labute approximate surface area is 123 Å². The van der Waals surface area contributed by atoms with Crippen molar-refractivity contribution in [1.29, 1.82) is 0 Å². The molecule has 0 bridgehead atoms. The Kier molecular flexibility index (Phi) is 6.27. The van der Waals surface area contributed by atoms with Gasteiger partial charge in [0.15, 0.2) is 0 Å². The van der Waals surface area contributed by atoms with Crippen LogP contribution in [0.1, 0.15) is 45.4 Å². The van der Waals surface area contributed by atoms with E-state index in [0.717, 1.165) is 26.1 Å². The zero-order chi connectivity index (χ0) is 14.4. The lowest BCUT2D eigenvalue weighted by Crippen LogP contribution is -2.52. The Bertz CT molecular complexity index is 288. The minimum atomic E-state index is -0.00874. The predicted molar refractivity (Wildman–Crippen MR) is 81.9 cm³/mol. The molecule has 0 amide bonds. The van der Waals surface area contributed by atoms with Gasteiger partial charge in [0.1, 0.15) is 0 Å². The van der Waals surface area contributed by atoms with E-state index in [2.05, 4.69) is 17.1 Å². The molecule has 3 unspecified atom stereocenters. The van der Waals surface area contributed by atoms with Gasteiger partial charge in [-0.15, -0.1) is 0 Å². The minimum Gasteiger partial charge on any atom is -0.394 e. The lowest BCUT2D eigenvalue weighted by molar-refractivity contribution is 0.0265. The van der Waals surface area contributed by atoms with Gasteiger partial charge in [-0.05, 0) is 57.7 Å². The van der Waals surface area contributed by atoms with Crippen molar-refractivity contribution >= 4 is 0 Å². The second-order valence-corrected chi connectivity index (χ2v) is 6.52. The second-order valence-electron chi connectivity index (χ2n) is 6.52. The van der Waals surface area contributed by atoms with Crippen molar-refractivity contribution in [3.63, 3.8) is 0 Å². The van der Waals surface area contributed by atoms with Crippen molar-refractivity contribution in [2.45, 2.75) is 57.1 Å². The summed E-state index contributed by atoms with van der Waals surface area (Å²) in [5.41, 5.74) is -0.00874.